The van der Waals surface area contributed by atoms with Crippen molar-refractivity contribution in [2.45, 2.75) is 57.4 Å². The molecule has 2 aromatic heterocycles. The molecule has 0 radical (unpaired) electrons. The number of fused-ring (bicyclic) bond motifs is 1. The Balaban J connectivity index is 1.30. The summed E-state index contributed by atoms with van der Waals surface area (Å²) in [5.74, 6) is 1.29. The average molecular weight is 418 g/mol. The first kappa shape index (κ1) is 20.5. The number of likely N-dealkylation sites (tertiary alicyclic amines) is 1. The Morgan fingerprint density at radius 1 is 0.935 bits per heavy atom. The smallest absolute Gasteiger partial charge is 0.160 e. The molecule has 5 heteroatoms. The molecule has 0 unspecified atom stereocenters. The van der Waals surface area contributed by atoms with Crippen LogP contribution in [0.1, 0.15) is 62.6 Å². The van der Waals surface area contributed by atoms with Gasteiger partial charge < -0.3 is 19.9 Å². The summed E-state index contributed by atoms with van der Waals surface area (Å²) < 4.78 is 2.27. The first-order chi connectivity index (χ1) is 15.2. The number of pyridine rings is 1. The number of benzene rings is 1. The lowest BCUT2D eigenvalue weighted by Crippen LogP contribution is -2.37. The van der Waals surface area contributed by atoms with Gasteiger partial charge in [0.15, 0.2) is 5.65 Å². The summed E-state index contributed by atoms with van der Waals surface area (Å²) in [5, 5.41) is 7.08. The van der Waals surface area contributed by atoms with Crippen molar-refractivity contribution in [1.82, 2.24) is 19.6 Å². The lowest BCUT2D eigenvalue weighted by atomic mass is 9.89. The molecule has 5 nitrogen and oxygen atoms in total. The number of nitrogens with one attached hydrogen (secondary N) is 2. The van der Waals surface area contributed by atoms with Crippen molar-refractivity contribution < 1.29 is 0 Å². The summed E-state index contributed by atoms with van der Waals surface area (Å²) in [4.78, 5) is 7.26. The summed E-state index contributed by atoms with van der Waals surface area (Å²) in [6.07, 6.45) is 8.92. The largest absolute Gasteiger partial charge is 0.352 e. The van der Waals surface area contributed by atoms with Crippen LogP contribution in [0.5, 0.6) is 0 Å². The lowest BCUT2D eigenvalue weighted by Gasteiger charge is -2.34. The van der Waals surface area contributed by atoms with E-state index in [9.17, 15) is 0 Å². The Kier molecular flexibility index (Phi) is 5.97. The molecular weight excluding hydrogens is 382 g/mol. The van der Waals surface area contributed by atoms with E-state index >= 15 is 0 Å². The average Bonchev–Trinajstić information content (AvgIpc) is 3.31. The highest BCUT2D eigenvalue weighted by Gasteiger charge is 2.22. The van der Waals surface area contributed by atoms with Gasteiger partial charge in [-0.15, -0.1) is 0 Å². The first-order valence-corrected chi connectivity index (χ1v) is 12.0. The highest BCUT2D eigenvalue weighted by molar-refractivity contribution is 5.74. The Bertz CT molecular complexity index is 992. The molecule has 0 bridgehead atoms. The number of hydrogen-bond donors (Lipinski definition) is 2. The van der Waals surface area contributed by atoms with Crippen LogP contribution in [-0.4, -0.2) is 46.5 Å². The number of aromatic nitrogens is 2. The second kappa shape index (κ2) is 9.01. The molecule has 2 fully saturated rings. The number of rotatable bonds is 5. The van der Waals surface area contributed by atoms with Crippen molar-refractivity contribution in [2.75, 3.05) is 31.5 Å². The van der Waals surface area contributed by atoms with E-state index in [0.717, 1.165) is 30.1 Å². The minimum absolute atomic E-state index is 0.605. The van der Waals surface area contributed by atoms with Gasteiger partial charge in [0.05, 0.1) is 5.69 Å². The maximum absolute atomic E-state index is 4.66. The Morgan fingerprint density at radius 3 is 2.39 bits per heavy atom. The van der Waals surface area contributed by atoms with Gasteiger partial charge >= 0.3 is 0 Å². The summed E-state index contributed by atoms with van der Waals surface area (Å²) in [5.41, 5.74) is 6.06. The number of anilines is 2. The minimum atomic E-state index is 0.605. The zero-order valence-corrected chi connectivity index (χ0v) is 18.8. The van der Waals surface area contributed by atoms with E-state index < -0.39 is 0 Å². The molecule has 2 saturated heterocycles. The van der Waals surface area contributed by atoms with Crippen molar-refractivity contribution in [3.05, 3.63) is 60.0 Å². The van der Waals surface area contributed by atoms with E-state index in [-0.39, 0.29) is 0 Å². The van der Waals surface area contributed by atoms with Gasteiger partial charge in [-0.05, 0) is 101 Å². The molecule has 0 saturated carbocycles. The fourth-order valence-corrected chi connectivity index (χ4v) is 5.33. The van der Waals surface area contributed by atoms with E-state index in [1.807, 2.05) is 6.20 Å². The van der Waals surface area contributed by atoms with Crippen LogP contribution in [0.15, 0.2) is 48.8 Å². The fraction of sp³-hybridized carbons (Fsp3) is 0.500. The zero-order valence-electron chi connectivity index (χ0n) is 18.8. The van der Waals surface area contributed by atoms with Gasteiger partial charge in [-0.25, -0.2) is 4.98 Å². The zero-order chi connectivity index (χ0) is 21.2. The fourth-order valence-electron chi connectivity index (χ4n) is 5.33. The van der Waals surface area contributed by atoms with Crippen LogP contribution in [0.25, 0.3) is 5.65 Å². The lowest BCUT2D eigenvalue weighted by molar-refractivity contribution is 0.172. The normalized spacial score (nSPS) is 19.3. The Hall–Kier alpha value is -2.37. The molecule has 0 spiro atoms. The number of nitrogens with zero attached hydrogens (tertiary/aromatic N) is 3. The standard InChI is InChI=1S/C26H35N5/c1-19(2)30-16-11-21(12-17-30)20-3-5-23(6-4-20)29-24-7-8-25(22-9-13-27-14-10-22)31-18-15-28-26(24)31/h3-8,15,18-19,21-22,27,29H,9-14,16-17H2,1-2H3. The molecule has 3 aromatic rings. The van der Waals surface area contributed by atoms with Crippen LogP contribution in [0, 0.1) is 0 Å². The maximum atomic E-state index is 4.66. The maximum Gasteiger partial charge on any atom is 0.160 e. The number of piperidine rings is 2. The summed E-state index contributed by atoms with van der Waals surface area (Å²) in [6.45, 7) is 9.23. The predicted octanol–water partition coefficient (Wildman–Crippen LogP) is 5.13. The summed E-state index contributed by atoms with van der Waals surface area (Å²) in [7, 11) is 0. The van der Waals surface area contributed by atoms with Gasteiger partial charge in [-0.2, -0.15) is 0 Å². The Labute approximate surface area is 185 Å². The van der Waals surface area contributed by atoms with Gasteiger partial charge in [0.2, 0.25) is 0 Å². The van der Waals surface area contributed by atoms with Crippen LogP contribution >= 0.6 is 0 Å². The molecule has 2 N–H and O–H groups in total. The summed E-state index contributed by atoms with van der Waals surface area (Å²) in [6, 6.07) is 14.2. The van der Waals surface area contributed by atoms with Crippen molar-refractivity contribution in [2.24, 2.45) is 0 Å². The molecule has 164 valence electrons. The van der Waals surface area contributed by atoms with Gasteiger partial charge in [0.25, 0.3) is 0 Å². The second-order valence-corrected chi connectivity index (χ2v) is 9.47. The van der Waals surface area contributed by atoms with E-state index in [0.29, 0.717) is 17.9 Å². The highest BCUT2D eigenvalue weighted by Crippen LogP contribution is 2.32. The number of hydrogen-bond acceptors (Lipinski definition) is 4. The van der Waals surface area contributed by atoms with E-state index in [2.05, 4.69) is 81.4 Å². The van der Waals surface area contributed by atoms with Crippen LogP contribution < -0.4 is 10.6 Å². The third-order valence-electron chi connectivity index (χ3n) is 7.26. The first-order valence-electron chi connectivity index (χ1n) is 12.0. The minimum Gasteiger partial charge on any atom is -0.352 e. The van der Waals surface area contributed by atoms with Crippen LogP contribution in [-0.2, 0) is 0 Å². The van der Waals surface area contributed by atoms with E-state index in [1.54, 1.807) is 0 Å². The van der Waals surface area contributed by atoms with Gasteiger partial charge in [0.1, 0.15) is 0 Å². The van der Waals surface area contributed by atoms with Crippen molar-refractivity contribution >= 4 is 17.0 Å². The Morgan fingerprint density at radius 2 is 1.68 bits per heavy atom. The molecule has 1 aromatic carbocycles. The highest BCUT2D eigenvalue weighted by atomic mass is 15.1. The van der Waals surface area contributed by atoms with E-state index in [4.69, 9.17) is 0 Å². The van der Waals surface area contributed by atoms with Gasteiger partial charge in [-0.1, -0.05) is 12.1 Å². The van der Waals surface area contributed by atoms with Crippen molar-refractivity contribution in [1.29, 1.82) is 0 Å². The van der Waals surface area contributed by atoms with Crippen molar-refractivity contribution in [3.8, 4) is 0 Å². The monoisotopic (exact) mass is 417 g/mol. The van der Waals surface area contributed by atoms with Crippen molar-refractivity contribution in [3.63, 3.8) is 0 Å². The third-order valence-corrected chi connectivity index (χ3v) is 7.26. The molecule has 2 aliphatic heterocycles. The second-order valence-electron chi connectivity index (χ2n) is 9.47. The molecule has 4 heterocycles. The topological polar surface area (TPSA) is 44.6 Å². The predicted molar refractivity (Wildman–Crippen MR) is 128 cm³/mol. The summed E-state index contributed by atoms with van der Waals surface area (Å²) >= 11 is 0. The molecule has 0 atom stereocenters. The molecule has 2 aliphatic rings. The van der Waals surface area contributed by atoms with Crippen LogP contribution in [0.4, 0.5) is 11.4 Å². The molecule has 0 aliphatic carbocycles. The van der Waals surface area contributed by atoms with Gasteiger partial charge in [0, 0.05) is 35.7 Å². The quantitative estimate of drug-likeness (QED) is 0.604. The molecule has 31 heavy (non-hydrogen) atoms. The number of imidazole rings is 1. The molecule has 5 rings (SSSR count). The third kappa shape index (κ3) is 4.35. The SMILES string of the molecule is CC(C)N1CCC(c2ccc(Nc3ccc(C4CCNCC4)n4ccnc34)cc2)CC1. The van der Waals surface area contributed by atoms with Crippen LogP contribution in [0.2, 0.25) is 0 Å². The molecule has 0 amide bonds. The van der Waals surface area contributed by atoms with E-state index in [1.165, 1.54) is 50.0 Å². The van der Waals surface area contributed by atoms with Crippen LogP contribution in [0.3, 0.4) is 0 Å². The van der Waals surface area contributed by atoms with Gasteiger partial charge in [-0.3, -0.25) is 0 Å². The molecular formula is C26H35N5.